The molecular formula is C10H20N2O2. The topological polar surface area (TPSA) is 52.6 Å². The number of urea groups is 1. The van der Waals surface area contributed by atoms with Crippen LogP contribution in [0, 0.1) is 0 Å². The largest absolute Gasteiger partial charge is 0.395 e. The van der Waals surface area contributed by atoms with E-state index in [0.29, 0.717) is 12.6 Å². The first kappa shape index (κ1) is 11.3. The van der Waals surface area contributed by atoms with Gasteiger partial charge in [-0.2, -0.15) is 0 Å². The molecule has 0 saturated heterocycles. The first-order chi connectivity index (χ1) is 6.44. The van der Waals surface area contributed by atoms with Crippen LogP contribution in [0.4, 0.5) is 4.79 Å². The van der Waals surface area contributed by atoms with Crippen molar-refractivity contribution in [3.05, 3.63) is 0 Å². The van der Waals surface area contributed by atoms with Gasteiger partial charge in [-0.25, -0.2) is 4.79 Å². The van der Waals surface area contributed by atoms with Gasteiger partial charge in [-0.15, -0.1) is 0 Å². The highest BCUT2D eigenvalue weighted by atomic mass is 16.3. The lowest BCUT2D eigenvalue weighted by atomic mass is 10.1. The van der Waals surface area contributed by atoms with Crippen molar-refractivity contribution < 1.29 is 9.90 Å². The molecule has 0 bridgehead atoms. The molecule has 0 atom stereocenters. The number of nitrogens with one attached hydrogen (secondary N) is 1. The Kier molecular flexibility index (Phi) is 3.37. The SMILES string of the molecule is CC(C)(C)NC(=O)N(CCO)C1CC1. The summed E-state index contributed by atoms with van der Waals surface area (Å²) in [6.07, 6.45) is 2.13. The van der Waals surface area contributed by atoms with Crippen LogP contribution in [0.1, 0.15) is 33.6 Å². The lowest BCUT2D eigenvalue weighted by Crippen LogP contribution is -2.50. The van der Waals surface area contributed by atoms with Crippen molar-refractivity contribution in [3.8, 4) is 0 Å². The van der Waals surface area contributed by atoms with Crippen LogP contribution >= 0.6 is 0 Å². The summed E-state index contributed by atoms with van der Waals surface area (Å²) in [5.74, 6) is 0. The summed E-state index contributed by atoms with van der Waals surface area (Å²) in [7, 11) is 0. The van der Waals surface area contributed by atoms with Crippen molar-refractivity contribution in [2.24, 2.45) is 0 Å². The molecule has 2 N–H and O–H groups in total. The van der Waals surface area contributed by atoms with Gasteiger partial charge >= 0.3 is 6.03 Å². The van der Waals surface area contributed by atoms with Gasteiger partial charge in [-0.3, -0.25) is 0 Å². The molecule has 1 aliphatic carbocycles. The van der Waals surface area contributed by atoms with Crippen molar-refractivity contribution in [3.63, 3.8) is 0 Å². The van der Waals surface area contributed by atoms with Crippen molar-refractivity contribution in [1.82, 2.24) is 10.2 Å². The molecular weight excluding hydrogens is 180 g/mol. The summed E-state index contributed by atoms with van der Waals surface area (Å²) in [5, 5.41) is 11.7. The smallest absolute Gasteiger partial charge is 0.318 e. The van der Waals surface area contributed by atoms with E-state index >= 15 is 0 Å². The van der Waals surface area contributed by atoms with E-state index < -0.39 is 0 Å². The number of amides is 2. The predicted molar refractivity (Wildman–Crippen MR) is 55.1 cm³/mol. The van der Waals surface area contributed by atoms with Gasteiger partial charge in [-0.05, 0) is 33.6 Å². The minimum absolute atomic E-state index is 0.0358. The fourth-order valence-electron chi connectivity index (χ4n) is 1.34. The van der Waals surface area contributed by atoms with E-state index in [-0.39, 0.29) is 18.2 Å². The molecule has 0 spiro atoms. The highest BCUT2D eigenvalue weighted by molar-refractivity contribution is 5.75. The highest BCUT2D eigenvalue weighted by Crippen LogP contribution is 2.26. The maximum Gasteiger partial charge on any atom is 0.318 e. The number of rotatable bonds is 3. The minimum atomic E-state index is -0.209. The maximum absolute atomic E-state index is 11.7. The monoisotopic (exact) mass is 200 g/mol. The Morgan fingerprint density at radius 2 is 2.07 bits per heavy atom. The minimum Gasteiger partial charge on any atom is -0.395 e. The Labute approximate surface area is 85.3 Å². The van der Waals surface area contributed by atoms with Gasteiger partial charge in [0.15, 0.2) is 0 Å². The molecule has 0 aromatic rings. The third-order valence-corrected chi connectivity index (χ3v) is 2.07. The van der Waals surface area contributed by atoms with Crippen LogP contribution in [0.3, 0.4) is 0 Å². The fraction of sp³-hybridized carbons (Fsp3) is 0.900. The molecule has 4 heteroatoms. The van der Waals surface area contributed by atoms with Crippen LogP contribution in [0.2, 0.25) is 0 Å². The Balaban J connectivity index is 2.46. The molecule has 1 rings (SSSR count). The van der Waals surface area contributed by atoms with Gasteiger partial charge in [0, 0.05) is 18.1 Å². The zero-order valence-electron chi connectivity index (χ0n) is 9.21. The number of carbonyl (C=O) groups is 1. The van der Waals surface area contributed by atoms with Crippen LogP contribution in [-0.2, 0) is 0 Å². The second-order valence-electron chi connectivity index (χ2n) is 4.83. The van der Waals surface area contributed by atoms with E-state index in [1.165, 1.54) is 0 Å². The van der Waals surface area contributed by atoms with Gasteiger partial charge in [0.25, 0.3) is 0 Å². The van der Waals surface area contributed by atoms with E-state index in [9.17, 15) is 4.79 Å². The summed E-state index contributed by atoms with van der Waals surface area (Å²) in [5.41, 5.74) is -0.209. The molecule has 2 amide bonds. The van der Waals surface area contributed by atoms with Gasteiger partial charge in [-0.1, -0.05) is 0 Å². The standard InChI is InChI=1S/C10H20N2O2/c1-10(2,3)11-9(14)12(6-7-13)8-4-5-8/h8,13H,4-7H2,1-3H3,(H,11,14). The Hall–Kier alpha value is -0.770. The van der Waals surface area contributed by atoms with Crippen LogP contribution < -0.4 is 5.32 Å². The summed E-state index contributed by atoms with van der Waals surface area (Å²) in [4.78, 5) is 13.5. The first-order valence-electron chi connectivity index (χ1n) is 5.13. The average molecular weight is 200 g/mol. The lowest BCUT2D eigenvalue weighted by Gasteiger charge is -2.28. The zero-order valence-corrected chi connectivity index (χ0v) is 9.21. The zero-order chi connectivity index (χ0) is 10.8. The summed E-state index contributed by atoms with van der Waals surface area (Å²) in [6.45, 7) is 6.33. The van der Waals surface area contributed by atoms with Crippen molar-refractivity contribution in [2.75, 3.05) is 13.2 Å². The molecule has 0 radical (unpaired) electrons. The number of nitrogens with zero attached hydrogens (tertiary/aromatic N) is 1. The third-order valence-electron chi connectivity index (χ3n) is 2.07. The molecule has 0 aromatic heterocycles. The fourth-order valence-corrected chi connectivity index (χ4v) is 1.34. The quantitative estimate of drug-likeness (QED) is 0.712. The van der Waals surface area contributed by atoms with E-state index in [0.717, 1.165) is 12.8 Å². The summed E-state index contributed by atoms with van der Waals surface area (Å²) >= 11 is 0. The van der Waals surface area contributed by atoms with Gasteiger partial charge in [0.05, 0.1) is 6.61 Å². The first-order valence-corrected chi connectivity index (χ1v) is 5.13. The van der Waals surface area contributed by atoms with Crippen molar-refractivity contribution in [2.45, 2.75) is 45.2 Å². The molecule has 0 aliphatic heterocycles. The predicted octanol–water partition coefficient (Wildman–Crippen LogP) is 0.951. The van der Waals surface area contributed by atoms with Gasteiger partial charge in [0.1, 0.15) is 0 Å². The number of hydrogen-bond donors (Lipinski definition) is 2. The van der Waals surface area contributed by atoms with Gasteiger partial charge in [0.2, 0.25) is 0 Å². The van der Waals surface area contributed by atoms with Crippen molar-refractivity contribution in [1.29, 1.82) is 0 Å². The lowest BCUT2D eigenvalue weighted by molar-refractivity contribution is 0.166. The molecule has 0 heterocycles. The second-order valence-corrected chi connectivity index (χ2v) is 4.83. The Morgan fingerprint density at radius 1 is 1.50 bits per heavy atom. The van der Waals surface area contributed by atoms with Crippen LogP contribution in [0.25, 0.3) is 0 Å². The Morgan fingerprint density at radius 3 is 2.43 bits per heavy atom. The average Bonchev–Trinajstić information content (AvgIpc) is 2.78. The Bertz CT molecular complexity index is 207. The molecule has 1 saturated carbocycles. The number of aliphatic hydroxyl groups excluding tert-OH is 1. The van der Waals surface area contributed by atoms with E-state index in [4.69, 9.17) is 5.11 Å². The van der Waals surface area contributed by atoms with E-state index in [1.54, 1.807) is 4.90 Å². The normalized spacial score (nSPS) is 16.6. The maximum atomic E-state index is 11.7. The molecule has 4 nitrogen and oxygen atoms in total. The van der Waals surface area contributed by atoms with Crippen LogP contribution in [-0.4, -0.2) is 40.8 Å². The van der Waals surface area contributed by atoms with Crippen LogP contribution in [0.5, 0.6) is 0 Å². The summed E-state index contributed by atoms with van der Waals surface area (Å²) in [6, 6.07) is 0.290. The molecule has 1 fully saturated rings. The van der Waals surface area contributed by atoms with Crippen LogP contribution in [0.15, 0.2) is 0 Å². The number of carbonyl (C=O) groups excluding carboxylic acids is 1. The molecule has 0 unspecified atom stereocenters. The third kappa shape index (κ3) is 3.54. The summed E-state index contributed by atoms with van der Waals surface area (Å²) < 4.78 is 0. The molecule has 1 aliphatic rings. The van der Waals surface area contributed by atoms with E-state index in [2.05, 4.69) is 5.32 Å². The van der Waals surface area contributed by atoms with Crippen molar-refractivity contribution >= 4 is 6.03 Å². The second kappa shape index (κ2) is 4.17. The molecule has 0 aromatic carbocycles. The number of hydrogen-bond acceptors (Lipinski definition) is 2. The van der Waals surface area contributed by atoms with E-state index in [1.807, 2.05) is 20.8 Å². The number of aliphatic hydroxyl groups is 1. The van der Waals surface area contributed by atoms with Gasteiger partial charge < -0.3 is 15.3 Å². The highest BCUT2D eigenvalue weighted by Gasteiger charge is 2.33. The molecule has 82 valence electrons. The molecule has 14 heavy (non-hydrogen) atoms.